The summed E-state index contributed by atoms with van der Waals surface area (Å²) in [4.78, 5) is 49.5. The molecule has 2 rings (SSSR count). The zero-order valence-corrected chi connectivity index (χ0v) is 16.1. The predicted molar refractivity (Wildman–Crippen MR) is 102 cm³/mol. The van der Waals surface area contributed by atoms with Crippen molar-refractivity contribution >= 4 is 23.7 Å². The summed E-state index contributed by atoms with van der Waals surface area (Å²) < 4.78 is 5.31. The minimum absolute atomic E-state index is 0.00696. The van der Waals surface area contributed by atoms with Gasteiger partial charge in [0.05, 0.1) is 0 Å². The Kier molecular flexibility index (Phi) is 7.98. The molecule has 8 heteroatoms. The van der Waals surface area contributed by atoms with Crippen molar-refractivity contribution in [2.75, 3.05) is 6.54 Å². The summed E-state index contributed by atoms with van der Waals surface area (Å²) >= 11 is 0. The second-order valence-electron chi connectivity index (χ2n) is 6.79. The minimum Gasteiger partial charge on any atom is -0.445 e. The molecule has 0 bridgehead atoms. The molecule has 1 heterocycles. The Morgan fingerprint density at radius 1 is 1.25 bits per heavy atom. The number of hydrogen-bond donors (Lipinski definition) is 2. The Morgan fingerprint density at radius 3 is 2.61 bits per heavy atom. The third kappa shape index (κ3) is 6.07. The van der Waals surface area contributed by atoms with Gasteiger partial charge in [0.2, 0.25) is 11.8 Å². The maximum atomic E-state index is 12.6. The molecule has 1 aliphatic heterocycles. The topological polar surface area (TPSA) is 119 Å². The number of ether oxygens (including phenoxy) is 1. The SMILES string of the molecule is CCC(=O)CC[C@@H](NC(=O)[C@H]1CCCN1C(=O)OCc1ccccc1)C(N)=O. The van der Waals surface area contributed by atoms with E-state index in [1.807, 2.05) is 30.3 Å². The van der Waals surface area contributed by atoms with Gasteiger partial charge in [-0.2, -0.15) is 0 Å². The fraction of sp³-hybridized carbons (Fsp3) is 0.500. The maximum Gasteiger partial charge on any atom is 0.410 e. The highest BCUT2D eigenvalue weighted by molar-refractivity contribution is 5.91. The van der Waals surface area contributed by atoms with Crippen molar-refractivity contribution in [3.05, 3.63) is 35.9 Å². The number of likely N-dealkylation sites (tertiary alicyclic amines) is 1. The molecule has 0 radical (unpaired) electrons. The number of benzene rings is 1. The molecule has 2 atom stereocenters. The lowest BCUT2D eigenvalue weighted by atomic mass is 10.1. The Balaban J connectivity index is 1.92. The van der Waals surface area contributed by atoms with Gasteiger partial charge in [0.1, 0.15) is 24.5 Å². The van der Waals surface area contributed by atoms with E-state index in [-0.39, 0.29) is 25.2 Å². The third-order valence-corrected chi connectivity index (χ3v) is 4.76. The highest BCUT2D eigenvalue weighted by Crippen LogP contribution is 2.19. The molecule has 0 aromatic heterocycles. The molecule has 152 valence electrons. The number of nitrogens with one attached hydrogen (secondary N) is 1. The number of rotatable bonds is 9. The number of nitrogens with zero attached hydrogens (tertiary/aromatic N) is 1. The molecule has 0 saturated carbocycles. The summed E-state index contributed by atoms with van der Waals surface area (Å²) in [6, 6.07) is 7.60. The highest BCUT2D eigenvalue weighted by atomic mass is 16.6. The van der Waals surface area contributed by atoms with Crippen LogP contribution in [0.25, 0.3) is 0 Å². The van der Waals surface area contributed by atoms with Crippen molar-refractivity contribution in [2.24, 2.45) is 5.73 Å². The molecule has 1 aromatic carbocycles. The van der Waals surface area contributed by atoms with E-state index in [4.69, 9.17) is 10.5 Å². The number of carbonyl (C=O) groups excluding carboxylic acids is 4. The molecule has 1 saturated heterocycles. The largest absolute Gasteiger partial charge is 0.445 e. The summed E-state index contributed by atoms with van der Waals surface area (Å²) in [7, 11) is 0. The lowest BCUT2D eigenvalue weighted by Gasteiger charge is -2.25. The lowest BCUT2D eigenvalue weighted by molar-refractivity contribution is -0.130. The molecule has 28 heavy (non-hydrogen) atoms. The van der Waals surface area contributed by atoms with Crippen molar-refractivity contribution in [1.82, 2.24) is 10.2 Å². The summed E-state index contributed by atoms with van der Waals surface area (Å²) in [5, 5.41) is 2.58. The summed E-state index contributed by atoms with van der Waals surface area (Å²) in [5.41, 5.74) is 6.20. The van der Waals surface area contributed by atoms with Gasteiger partial charge in [0.15, 0.2) is 0 Å². The van der Waals surface area contributed by atoms with E-state index in [0.29, 0.717) is 25.8 Å². The van der Waals surface area contributed by atoms with Crippen LogP contribution in [0.15, 0.2) is 30.3 Å². The zero-order valence-electron chi connectivity index (χ0n) is 16.1. The molecule has 0 spiro atoms. The molecule has 1 aliphatic rings. The third-order valence-electron chi connectivity index (χ3n) is 4.76. The van der Waals surface area contributed by atoms with Crippen LogP contribution in [0, 0.1) is 0 Å². The molecule has 0 unspecified atom stereocenters. The summed E-state index contributed by atoms with van der Waals surface area (Å²) in [6.07, 6.45) is 1.25. The van der Waals surface area contributed by atoms with Gasteiger partial charge in [-0.3, -0.25) is 19.3 Å². The van der Waals surface area contributed by atoms with Crippen LogP contribution in [-0.2, 0) is 25.7 Å². The van der Waals surface area contributed by atoms with Gasteiger partial charge in [-0.25, -0.2) is 4.79 Å². The van der Waals surface area contributed by atoms with Gasteiger partial charge in [0.25, 0.3) is 0 Å². The van der Waals surface area contributed by atoms with E-state index in [1.165, 1.54) is 4.90 Å². The molecule has 1 aromatic rings. The predicted octanol–water partition coefficient (Wildman–Crippen LogP) is 1.52. The van der Waals surface area contributed by atoms with Crippen LogP contribution in [-0.4, -0.2) is 47.2 Å². The van der Waals surface area contributed by atoms with E-state index >= 15 is 0 Å². The van der Waals surface area contributed by atoms with Crippen molar-refractivity contribution in [2.45, 2.75) is 57.7 Å². The molecule has 3 amide bonds. The van der Waals surface area contributed by atoms with E-state index in [2.05, 4.69) is 5.32 Å². The molecular formula is C20H27N3O5. The van der Waals surface area contributed by atoms with Crippen LogP contribution in [0.3, 0.4) is 0 Å². The molecule has 3 N–H and O–H groups in total. The zero-order chi connectivity index (χ0) is 20.5. The molecule has 8 nitrogen and oxygen atoms in total. The number of primary amides is 1. The Hall–Kier alpha value is -2.90. The van der Waals surface area contributed by atoms with E-state index in [1.54, 1.807) is 6.92 Å². The summed E-state index contributed by atoms with van der Waals surface area (Å²) in [5.74, 6) is -1.16. The van der Waals surface area contributed by atoms with Gasteiger partial charge >= 0.3 is 6.09 Å². The molecule has 1 fully saturated rings. The van der Waals surface area contributed by atoms with Gasteiger partial charge < -0.3 is 15.8 Å². The van der Waals surface area contributed by atoms with Crippen molar-refractivity contribution in [3.63, 3.8) is 0 Å². The number of ketones is 1. The number of nitrogens with two attached hydrogens (primary N) is 1. The van der Waals surface area contributed by atoms with Crippen molar-refractivity contribution in [1.29, 1.82) is 0 Å². The first-order chi connectivity index (χ1) is 13.4. The van der Waals surface area contributed by atoms with Crippen LogP contribution >= 0.6 is 0 Å². The van der Waals surface area contributed by atoms with Crippen LogP contribution in [0.2, 0.25) is 0 Å². The maximum absolute atomic E-state index is 12.6. The van der Waals surface area contributed by atoms with Crippen LogP contribution in [0.1, 0.15) is 44.6 Å². The molecular weight excluding hydrogens is 362 g/mol. The van der Waals surface area contributed by atoms with Crippen LogP contribution in [0.4, 0.5) is 4.79 Å². The first kappa shape index (κ1) is 21.4. The standard InChI is InChI=1S/C20H27N3O5/c1-2-15(24)10-11-16(18(21)25)22-19(26)17-9-6-12-23(17)20(27)28-13-14-7-4-3-5-8-14/h3-5,7-8,16-17H,2,6,9-13H2,1H3,(H2,21,25)(H,22,26)/t16-,17-/m1/s1. The van der Waals surface area contributed by atoms with Gasteiger partial charge in [-0.05, 0) is 24.8 Å². The minimum atomic E-state index is -0.939. The van der Waals surface area contributed by atoms with Crippen LogP contribution in [0.5, 0.6) is 0 Å². The van der Waals surface area contributed by atoms with Gasteiger partial charge in [0, 0.05) is 19.4 Å². The van der Waals surface area contributed by atoms with Crippen molar-refractivity contribution < 1.29 is 23.9 Å². The first-order valence-electron chi connectivity index (χ1n) is 9.51. The average molecular weight is 389 g/mol. The number of hydrogen-bond acceptors (Lipinski definition) is 5. The van der Waals surface area contributed by atoms with Crippen molar-refractivity contribution in [3.8, 4) is 0 Å². The van der Waals surface area contributed by atoms with E-state index < -0.39 is 30.0 Å². The van der Waals surface area contributed by atoms with Gasteiger partial charge in [-0.1, -0.05) is 37.3 Å². The van der Waals surface area contributed by atoms with Gasteiger partial charge in [-0.15, -0.1) is 0 Å². The summed E-state index contributed by atoms with van der Waals surface area (Å²) in [6.45, 7) is 2.26. The van der Waals surface area contributed by atoms with E-state index in [9.17, 15) is 19.2 Å². The first-order valence-corrected chi connectivity index (χ1v) is 9.51. The second kappa shape index (κ2) is 10.4. The Bertz CT molecular complexity index is 707. The normalized spacial score (nSPS) is 17.0. The van der Waals surface area contributed by atoms with Crippen LogP contribution < -0.4 is 11.1 Å². The fourth-order valence-corrected chi connectivity index (χ4v) is 3.10. The monoisotopic (exact) mass is 389 g/mol. The highest BCUT2D eigenvalue weighted by Gasteiger charge is 2.36. The fourth-order valence-electron chi connectivity index (χ4n) is 3.10. The number of Topliss-reactive ketones (excluding diaryl/α,β-unsaturated/α-hetero) is 1. The van der Waals surface area contributed by atoms with E-state index in [0.717, 1.165) is 5.56 Å². The quantitative estimate of drug-likeness (QED) is 0.664. The molecule has 0 aliphatic carbocycles. The number of amides is 3. The second-order valence-corrected chi connectivity index (χ2v) is 6.79. The Labute approximate surface area is 164 Å². The Morgan fingerprint density at radius 2 is 1.96 bits per heavy atom. The lowest BCUT2D eigenvalue weighted by Crippen LogP contribution is -2.52. The smallest absolute Gasteiger partial charge is 0.410 e. The average Bonchev–Trinajstić information content (AvgIpc) is 3.19. The number of carbonyl (C=O) groups is 4.